The number of nitrogens with zero attached hydrogens (tertiary/aromatic N) is 2. The molecule has 0 spiro atoms. The van der Waals surface area contributed by atoms with Gasteiger partial charge in [-0.15, -0.1) is 0 Å². The molecule has 0 aliphatic heterocycles. The predicted octanol–water partition coefficient (Wildman–Crippen LogP) is -2.24. The number of hydrogen-bond donors (Lipinski definition) is 0. The minimum atomic E-state index is -1.22. The third kappa shape index (κ3) is 20.1. The van der Waals surface area contributed by atoms with Crippen LogP contribution in [0.5, 0.6) is 0 Å². The number of rotatable bonds is 8. The van der Waals surface area contributed by atoms with Gasteiger partial charge in [0.1, 0.15) is 13.1 Å². The lowest BCUT2D eigenvalue weighted by atomic mass is 10.2. The summed E-state index contributed by atoms with van der Waals surface area (Å²) in [5, 5.41) is 20.4. The second-order valence-electron chi connectivity index (χ2n) is 7.43. The molecule has 0 radical (unpaired) electrons. The van der Waals surface area contributed by atoms with E-state index in [0.29, 0.717) is 15.5 Å². The summed E-state index contributed by atoms with van der Waals surface area (Å²) in [6.07, 6.45) is 1.87. The number of allylic oxidation sites excluding steroid dienone is 1. The number of aliphatic carboxylic acids is 2. The average Bonchev–Trinajstić information content (AvgIpc) is 2.22. The Morgan fingerprint density at radius 1 is 0.958 bits per heavy atom. The van der Waals surface area contributed by atoms with Gasteiger partial charge in [0.05, 0.1) is 48.3 Å². The maximum absolute atomic E-state index is 11.2. The SMILES string of the molecule is C/C=C/C(=O)OC(CC(=O)[O-])C[N+](C)(C)C.C[N+](C)(C)CC(=O)[O-]. The van der Waals surface area contributed by atoms with E-state index in [1.54, 1.807) is 34.1 Å². The van der Waals surface area contributed by atoms with Gasteiger partial charge in [-0.2, -0.15) is 0 Å². The van der Waals surface area contributed by atoms with Crippen LogP contribution in [0, 0.1) is 0 Å². The van der Waals surface area contributed by atoms with Gasteiger partial charge in [-0.1, -0.05) is 6.08 Å². The summed E-state index contributed by atoms with van der Waals surface area (Å²) in [7, 11) is 11.1. The quantitative estimate of drug-likeness (QED) is 0.280. The second kappa shape index (κ2) is 10.8. The van der Waals surface area contributed by atoms with Crippen LogP contribution >= 0.6 is 0 Å². The van der Waals surface area contributed by atoms with Crippen molar-refractivity contribution in [1.82, 2.24) is 0 Å². The lowest BCUT2D eigenvalue weighted by Crippen LogP contribution is -2.45. The van der Waals surface area contributed by atoms with Crippen LogP contribution in [-0.4, -0.2) is 88.4 Å². The zero-order chi connectivity index (χ0) is 19.6. The lowest BCUT2D eigenvalue weighted by molar-refractivity contribution is -0.873. The molecule has 0 aliphatic rings. The number of carboxylic acid groups (broad SMARTS) is 2. The Balaban J connectivity index is 0. The van der Waals surface area contributed by atoms with Crippen molar-refractivity contribution in [2.75, 3.05) is 55.4 Å². The van der Waals surface area contributed by atoms with Crippen molar-refractivity contribution in [3.8, 4) is 0 Å². The van der Waals surface area contributed by atoms with E-state index in [1.807, 2.05) is 21.1 Å². The highest BCUT2D eigenvalue weighted by Gasteiger charge is 2.21. The normalized spacial score (nSPS) is 13.0. The monoisotopic (exact) mass is 346 g/mol. The summed E-state index contributed by atoms with van der Waals surface area (Å²) in [4.78, 5) is 31.6. The number of esters is 1. The van der Waals surface area contributed by atoms with Gasteiger partial charge in [0.2, 0.25) is 0 Å². The Bertz CT molecular complexity index is 446. The fourth-order valence-corrected chi connectivity index (χ4v) is 1.67. The van der Waals surface area contributed by atoms with E-state index < -0.39 is 24.0 Å². The van der Waals surface area contributed by atoms with E-state index in [-0.39, 0.29) is 13.0 Å². The van der Waals surface area contributed by atoms with Crippen LogP contribution < -0.4 is 10.2 Å². The molecule has 0 fully saturated rings. The fourth-order valence-electron chi connectivity index (χ4n) is 1.67. The number of likely N-dealkylation sites (N-methyl/N-ethyl adjacent to an activating group) is 2. The Labute approximate surface area is 144 Å². The summed E-state index contributed by atoms with van der Waals surface area (Å²) in [6, 6.07) is 0. The van der Waals surface area contributed by atoms with E-state index in [0.717, 1.165) is 0 Å². The third-order valence-electron chi connectivity index (χ3n) is 2.33. The van der Waals surface area contributed by atoms with Crippen LogP contribution in [-0.2, 0) is 19.1 Å². The van der Waals surface area contributed by atoms with Gasteiger partial charge >= 0.3 is 5.97 Å². The molecule has 0 saturated heterocycles. The van der Waals surface area contributed by atoms with Crippen molar-refractivity contribution < 1.29 is 38.3 Å². The van der Waals surface area contributed by atoms with Gasteiger partial charge < -0.3 is 33.5 Å². The van der Waals surface area contributed by atoms with Gasteiger partial charge in [-0.25, -0.2) is 4.79 Å². The molecule has 0 bridgehead atoms. The molecule has 8 nitrogen and oxygen atoms in total. The number of quaternary nitrogens is 2. The third-order valence-corrected chi connectivity index (χ3v) is 2.33. The number of ether oxygens (including phenoxy) is 1. The fraction of sp³-hybridized carbons (Fsp3) is 0.688. The summed E-state index contributed by atoms with van der Waals surface area (Å²) in [6.45, 7) is 2.19. The number of carbonyl (C=O) groups is 3. The topological polar surface area (TPSA) is 107 Å². The van der Waals surface area contributed by atoms with Crippen LogP contribution in [0.25, 0.3) is 0 Å². The van der Waals surface area contributed by atoms with Crippen LogP contribution in [0.4, 0.5) is 0 Å². The minimum Gasteiger partial charge on any atom is -0.550 e. The van der Waals surface area contributed by atoms with E-state index >= 15 is 0 Å². The smallest absolute Gasteiger partial charge is 0.330 e. The maximum Gasteiger partial charge on any atom is 0.330 e. The Morgan fingerprint density at radius 3 is 1.71 bits per heavy atom. The molecule has 0 amide bonds. The van der Waals surface area contributed by atoms with Gasteiger partial charge in [0.15, 0.2) is 6.10 Å². The molecular weight excluding hydrogens is 316 g/mol. The summed E-state index contributed by atoms with van der Waals surface area (Å²) in [5.74, 6) is -2.74. The highest BCUT2D eigenvalue weighted by molar-refractivity contribution is 5.82. The summed E-state index contributed by atoms with van der Waals surface area (Å²) < 4.78 is 5.95. The first-order chi connectivity index (χ1) is 10.7. The number of hydrogen-bond acceptors (Lipinski definition) is 6. The maximum atomic E-state index is 11.2. The highest BCUT2D eigenvalue weighted by Crippen LogP contribution is 2.05. The molecule has 24 heavy (non-hydrogen) atoms. The molecule has 0 aromatic rings. The standard InChI is InChI=1S/C11H19NO4.C5H11NO2/c1-5-6-11(15)16-9(7-10(13)14)8-12(2,3)4;1-6(2,3)4-5(7)8/h5-6,9H,7-8H2,1-4H3;4H2,1-3H3/b6-5+;. The largest absolute Gasteiger partial charge is 0.550 e. The molecular formula is C16H30N2O6. The first kappa shape index (κ1) is 24.3. The zero-order valence-corrected chi connectivity index (χ0v) is 15.7. The molecule has 1 unspecified atom stereocenters. The van der Waals surface area contributed by atoms with E-state index in [1.165, 1.54) is 6.08 Å². The number of carboxylic acids is 2. The Kier molecular flexibility index (Phi) is 10.9. The molecule has 0 heterocycles. The second-order valence-corrected chi connectivity index (χ2v) is 7.43. The molecule has 0 N–H and O–H groups in total. The molecule has 0 aliphatic carbocycles. The minimum absolute atomic E-state index is 0.0694. The summed E-state index contributed by atoms with van der Waals surface area (Å²) in [5.41, 5.74) is 0. The number of carbonyl (C=O) groups excluding carboxylic acids is 3. The van der Waals surface area contributed by atoms with Crippen molar-refractivity contribution >= 4 is 17.9 Å². The van der Waals surface area contributed by atoms with Crippen LogP contribution in [0.15, 0.2) is 12.2 Å². The molecule has 0 rings (SSSR count). The summed E-state index contributed by atoms with van der Waals surface area (Å²) >= 11 is 0. The Hall–Kier alpha value is -1.93. The van der Waals surface area contributed by atoms with E-state index in [2.05, 4.69) is 0 Å². The van der Waals surface area contributed by atoms with Crippen molar-refractivity contribution in [3.05, 3.63) is 12.2 Å². The van der Waals surface area contributed by atoms with Crippen molar-refractivity contribution in [2.45, 2.75) is 19.4 Å². The predicted molar refractivity (Wildman–Crippen MR) is 85.1 cm³/mol. The van der Waals surface area contributed by atoms with Gasteiger partial charge in [-0.05, 0) is 6.92 Å². The highest BCUT2D eigenvalue weighted by atomic mass is 16.5. The molecule has 140 valence electrons. The average molecular weight is 346 g/mol. The first-order valence-electron chi connectivity index (χ1n) is 7.50. The van der Waals surface area contributed by atoms with Crippen LogP contribution in [0.1, 0.15) is 13.3 Å². The van der Waals surface area contributed by atoms with Crippen molar-refractivity contribution in [2.24, 2.45) is 0 Å². The first-order valence-corrected chi connectivity index (χ1v) is 7.50. The molecule has 0 saturated carbocycles. The van der Waals surface area contributed by atoms with E-state index in [4.69, 9.17) is 4.74 Å². The Morgan fingerprint density at radius 2 is 1.46 bits per heavy atom. The van der Waals surface area contributed by atoms with Gasteiger partial charge in [0.25, 0.3) is 0 Å². The molecule has 0 aromatic heterocycles. The van der Waals surface area contributed by atoms with Crippen LogP contribution in [0.3, 0.4) is 0 Å². The lowest BCUT2D eigenvalue weighted by Gasteiger charge is -2.28. The molecule has 0 aromatic carbocycles. The van der Waals surface area contributed by atoms with E-state index in [9.17, 15) is 24.6 Å². The van der Waals surface area contributed by atoms with Gasteiger partial charge in [-0.3, -0.25) is 0 Å². The van der Waals surface area contributed by atoms with Crippen LogP contribution in [0.2, 0.25) is 0 Å². The zero-order valence-electron chi connectivity index (χ0n) is 15.7. The van der Waals surface area contributed by atoms with Crippen molar-refractivity contribution in [1.29, 1.82) is 0 Å². The molecule has 8 heteroatoms. The van der Waals surface area contributed by atoms with Gasteiger partial charge in [0, 0.05) is 18.5 Å². The van der Waals surface area contributed by atoms with Crippen molar-refractivity contribution in [3.63, 3.8) is 0 Å². The molecule has 1 atom stereocenters.